The summed E-state index contributed by atoms with van der Waals surface area (Å²) in [5.41, 5.74) is 7.59. The van der Waals surface area contributed by atoms with Gasteiger partial charge in [-0.05, 0) is 18.4 Å². The molecule has 0 bridgehead atoms. The molecule has 0 atom stereocenters. The van der Waals surface area contributed by atoms with E-state index in [1.807, 2.05) is 0 Å². The minimum absolute atomic E-state index is 0.475. The molecule has 1 saturated heterocycles. The maximum atomic E-state index is 5.67. The molecule has 1 heterocycles. The molecule has 2 aliphatic rings. The predicted molar refractivity (Wildman–Crippen MR) is 74.3 cm³/mol. The van der Waals surface area contributed by atoms with E-state index in [-0.39, 0.29) is 0 Å². The third kappa shape index (κ3) is 2.44. The standard InChI is InChI=1S/C15H23N3/c16-8-9-17-10-11-18(15(13-17)6-7-15)12-14-4-2-1-3-5-14/h1-5H,6-13,16H2. The molecule has 1 aliphatic heterocycles. The van der Waals surface area contributed by atoms with Crippen molar-refractivity contribution in [2.24, 2.45) is 5.73 Å². The van der Waals surface area contributed by atoms with Crippen LogP contribution in [0.2, 0.25) is 0 Å². The molecule has 0 aromatic heterocycles. The Balaban J connectivity index is 1.64. The van der Waals surface area contributed by atoms with E-state index >= 15 is 0 Å². The summed E-state index contributed by atoms with van der Waals surface area (Å²) in [6, 6.07) is 10.8. The van der Waals surface area contributed by atoms with Gasteiger partial charge in [0.2, 0.25) is 0 Å². The summed E-state index contributed by atoms with van der Waals surface area (Å²) in [5, 5.41) is 0. The predicted octanol–water partition coefficient (Wildman–Crippen LogP) is 1.30. The number of nitrogens with zero attached hydrogens (tertiary/aromatic N) is 2. The van der Waals surface area contributed by atoms with Crippen LogP contribution in [0.5, 0.6) is 0 Å². The summed E-state index contributed by atoms with van der Waals surface area (Å²) >= 11 is 0. The zero-order valence-electron chi connectivity index (χ0n) is 11.0. The van der Waals surface area contributed by atoms with Gasteiger partial charge in [-0.15, -0.1) is 0 Å². The highest BCUT2D eigenvalue weighted by Crippen LogP contribution is 2.44. The van der Waals surface area contributed by atoms with Gasteiger partial charge in [0.1, 0.15) is 0 Å². The van der Waals surface area contributed by atoms with E-state index in [2.05, 4.69) is 40.1 Å². The molecule has 2 N–H and O–H groups in total. The van der Waals surface area contributed by atoms with Crippen molar-refractivity contribution in [1.29, 1.82) is 0 Å². The van der Waals surface area contributed by atoms with Gasteiger partial charge in [0.15, 0.2) is 0 Å². The first-order valence-corrected chi connectivity index (χ1v) is 7.04. The average Bonchev–Trinajstić information content (AvgIpc) is 3.15. The minimum Gasteiger partial charge on any atom is -0.329 e. The van der Waals surface area contributed by atoms with Crippen molar-refractivity contribution in [3.63, 3.8) is 0 Å². The van der Waals surface area contributed by atoms with Gasteiger partial charge < -0.3 is 5.73 Å². The van der Waals surface area contributed by atoms with Gasteiger partial charge in [-0.25, -0.2) is 0 Å². The maximum absolute atomic E-state index is 5.67. The lowest BCUT2D eigenvalue weighted by Gasteiger charge is -2.42. The number of piperazine rings is 1. The highest BCUT2D eigenvalue weighted by molar-refractivity contribution is 5.17. The normalized spacial score (nSPS) is 23.4. The topological polar surface area (TPSA) is 32.5 Å². The van der Waals surface area contributed by atoms with E-state index in [0.717, 1.165) is 19.6 Å². The Morgan fingerprint density at radius 2 is 1.89 bits per heavy atom. The Morgan fingerprint density at radius 1 is 1.11 bits per heavy atom. The van der Waals surface area contributed by atoms with Crippen LogP contribution in [0.3, 0.4) is 0 Å². The SMILES string of the molecule is NCCN1CCN(Cc2ccccc2)C2(CC2)C1. The number of nitrogens with two attached hydrogens (primary N) is 1. The van der Waals surface area contributed by atoms with Crippen LogP contribution in [0.4, 0.5) is 0 Å². The van der Waals surface area contributed by atoms with E-state index in [4.69, 9.17) is 5.73 Å². The first-order chi connectivity index (χ1) is 8.82. The van der Waals surface area contributed by atoms with Crippen LogP contribution in [0, 0.1) is 0 Å². The summed E-state index contributed by atoms with van der Waals surface area (Å²) < 4.78 is 0. The van der Waals surface area contributed by atoms with Crippen molar-refractivity contribution in [3.05, 3.63) is 35.9 Å². The molecular weight excluding hydrogens is 222 g/mol. The Morgan fingerprint density at radius 3 is 2.56 bits per heavy atom. The molecule has 1 aromatic carbocycles. The van der Waals surface area contributed by atoms with Crippen LogP contribution >= 0.6 is 0 Å². The molecular formula is C15H23N3. The molecule has 0 unspecified atom stereocenters. The van der Waals surface area contributed by atoms with E-state index in [0.29, 0.717) is 5.54 Å². The average molecular weight is 245 g/mol. The van der Waals surface area contributed by atoms with Crippen LogP contribution in [0.15, 0.2) is 30.3 Å². The Hall–Kier alpha value is -0.900. The summed E-state index contributed by atoms with van der Waals surface area (Å²) in [4.78, 5) is 5.23. The number of hydrogen-bond donors (Lipinski definition) is 1. The Kier molecular flexibility index (Phi) is 3.37. The molecule has 18 heavy (non-hydrogen) atoms. The largest absolute Gasteiger partial charge is 0.329 e. The summed E-state index contributed by atoms with van der Waals surface area (Å²) in [6.07, 6.45) is 2.72. The van der Waals surface area contributed by atoms with E-state index in [1.54, 1.807) is 0 Å². The fourth-order valence-corrected chi connectivity index (χ4v) is 3.14. The van der Waals surface area contributed by atoms with Crippen molar-refractivity contribution >= 4 is 0 Å². The van der Waals surface area contributed by atoms with Crippen LogP contribution in [0.1, 0.15) is 18.4 Å². The van der Waals surface area contributed by atoms with Crippen LogP contribution < -0.4 is 5.73 Å². The molecule has 2 fully saturated rings. The molecule has 3 nitrogen and oxygen atoms in total. The summed E-state index contributed by atoms with van der Waals surface area (Å²) in [5.74, 6) is 0. The summed E-state index contributed by atoms with van der Waals surface area (Å²) in [7, 11) is 0. The van der Waals surface area contributed by atoms with Crippen molar-refractivity contribution in [2.45, 2.75) is 24.9 Å². The molecule has 0 amide bonds. The smallest absolute Gasteiger partial charge is 0.0341 e. The zero-order valence-corrected chi connectivity index (χ0v) is 11.0. The zero-order chi connectivity index (χ0) is 12.4. The van der Waals surface area contributed by atoms with Gasteiger partial charge in [-0.3, -0.25) is 9.80 Å². The maximum Gasteiger partial charge on any atom is 0.0341 e. The number of hydrogen-bond acceptors (Lipinski definition) is 3. The minimum atomic E-state index is 0.475. The monoisotopic (exact) mass is 245 g/mol. The second kappa shape index (κ2) is 5.00. The molecule has 3 rings (SSSR count). The lowest BCUT2D eigenvalue weighted by molar-refractivity contribution is 0.0549. The highest BCUT2D eigenvalue weighted by atomic mass is 15.3. The molecule has 0 radical (unpaired) electrons. The van der Waals surface area contributed by atoms with Gasteiger partial charge >= 0.3 is 0 Å². The molecule has 1 aliphatic carbocycles. The summed E-state index contributed by atoms with van der Waals surface area (Å²) in [6.45, 7) is 6.53. The lowest BCUT2D eigenvalue weighted by atomic mass is 10.1. The van der Waals surface area contributed by atoms with Crippen molar-refractivity contribution in [3.8, 4) is 0 Å². The van der Waals surface area contributed by atoms with Crippen LogP contribution in [0.25, 0.3) is 0 Å². The number of rotatable bonds is 4. The second-order valence-electron chi connectivity index (χ2n) is 5.70. The van der Waals surface area contributed by atoms with E-state index < -0.39 is 0 Å². The second-order valence-corrected chi connectivity index (χ2v) is 5.70. The molecule has 1 saturated carbocycles. The van der Waals surface area contributed by atoms with Gasteiger partial charge in [-0.1, -0.05) is 30.3 Å². The molecule has 3 heteroatoms. The van der Waals surface area contributed by atoms with Gasteiger partial charge in [0.05, 0.1) is 0 Å². The molecule has 1 aromatic rings. The van der Waals surface area contributed by atoms with E-state index in [1.165, 1.54) is 38.0 Å². The first-order valence-electron chi connectivity index (χ1n) is 7.04. The van der Waals surface area contributed by atoms with Crippen molar-refractivity contribution in [2.75, 3.05) is 32.7 Å². The van der Waals surface area contributed by atoms with Crippen LogP contribution in [-0.4, -0.2) is 48.1 Å². The fourth-order valence-electron chi connectivity index (χ4n) is 3.14. The van der Waals surface area contributed by atoms with Crippen molar-refractivity contribution in [1.82, 2.24) is 9.80 Å². The quantitative estimate of drug-likeness (QED) is 0.868. The van der Waals surface area contributed by atoms with E-state index in [9.17, 15) is 0 Å². The Labute approximate surface area is 110 Å². The lowest BCUT2D eigenvalue weighted by Crippen LogP contribution is -2.55. The fraction of sp³-hybridized carbons (Fsp3) is 0.600. The third-order valence-corrected chi connectivity index (χ3v) is 4.36. The highest BCUT2D eigenvalue weighted by Gasteiger charge is 2.50. The molecule has 98 valence electrons. The Bertz CT molecular complexity index is 386. The van der Waals surface area contributed by atoms with Gasteiger partial charge in [0.25, 0.3) is 0 Å². The van der Waals surface area contributed by atoms with Crippen LogP contribution in [-0.2, 0) is 6.54 Å². The third-order valence-electron chi connectivity index (χ3n) is 4.36. The number of benzene rings is 1. The van der Waals surface area contributed by atoms with Gasteiger partial charge in [-0.2, -0.15) is 0 Å². The first kappa shape index (κ1) is 12.2. The van der Waals surface area contributed by atoms with Gasteiger partial charge in [0, 0.05) is 44.8 Å². The molecule has 1 spiro atoms. The van der Waals surface area contributed by atoms with Crippen molar-refractivity contribution < 1.29 is 0 Å².